The Kier molecular flexibility index (Phi) is 3.25. The Morgan fingerprint density at radius 2 is 2.00 bits per heavy atom. The van der Waals surface area contributed by atoms with Gasteiger partial charge in [-0.15, -0.1) is 0 Å². The molecule has 1 aliphatic rings. The molecule has 0 saturated heterocycles. The second-order valence-electron chi connectivity index (χ2n) is 4.21. The molecule has 0 aliphatic carbocycles. The summed E-state index contributed by atoms with van der Waals surface area (Å²) in [6, 6.07) is 9.36. The molecule has 2 rings (SSSR count). The van der Waals surface area contributed by atoms with Crippen molar-refractivity contribution in [2.24, 2.45) is 0 Å². The summed E-state index contributed by atoms with van der Waals surface area (Å²) >= 11 is 5.94. The fraction of sp³-hybridized carbons (Fsp3) is 0.333. The van der Waals surface area contributed by atoms with E-state index < -0.39 is 13.2 Å². The number of aliphatic hydroxyl groups is 1. The van der Waals surface area contributed by atoms with E-state index in [4.69, 9.17) is 11.6 Å². The largest absolute Gasteiger partial charge is 0.387 e. The molecule has 1 aromatic rings. The number of halogens is 1. The lowest BCUT2D eigenvalue weighted by molar-refractivity contribution is 0.239. The monoisotopic (exact) mass is 256 g/mol. The lowest BCUT2D eigenvalue weighted by atomic mass is 10.2. The molecule has 1 aliphatic heterocycles. The summed E-state index contributed by atoms with van der Waals surface area (Å²) in [6.07, 6.45) is -0.0402. The quantitative estimate of drug-likeness (QED) is 0.784. The summed E-state index contributed by atoms with van der Waals surface area (Å²) in [5, 5.41) is 11.1. The van der Waals surface area contributed by atoms with Gasteiger partial charge in [-0.2, -0.15) is 0 Å². The zero-order valence-electron chi connectivity index (χ0n) is 9.06. The zero-order valence-corrected chi connectivity index (χ0v) is 10.7. The van der Waals surface area contributed by atoms with Crippen LogP contribution in [0.25, 0.3) is 0 Å². The molecule has 2 atom stereocenters. The molecule has 2 nitrogen and oxygen atoms in total. The standard InChI is InChI=1S/C12H14ClO2P/c1-9-7-16(15,8-11(14)12(9)13)10-5-3-2-4-6-10/h2-6,11,14H,7-8H2,1H3/t11-,16+/m1/s1. The van der Waals surface area contributed by atoms with Gasteiger partial charge in [0.25, 0.3) is 0 Å². The Morgan fingerprint density at radius 1 is 1.38 bits per heavy atom. The van der Waals surface area contributed by atoms with Crippen molar-refractivity contribution >= 4 is 24.0 Å². The van der Waals surface area contributed by atoms with Crippen LogP contribution in [0.1, 0.15) is 6.92 Å². The fourth-order valence-corrected chi connectivity index (χ4v) is 5.32. The Balaban J connectivity index is 2.40. The average molecular weight is 257 g/mol. The molecule has 0 radical (unpaired) electrons. The smallest absolute Gasteiger partial charge is 0.122 e. The van der Waals surface area contributed by atoms with Crippen LogP contribution in [0.5, 0.6) is 0 Å². The van der Waals surface area contributed by atoms with Gasteiger partial charge in [0, 0.05) is 22.7 Å². The van der Waals surface area contributed by atoms with Crippen LogP contribution in [0.4, 0.5) is 0 Å². The second kappa shape index (κ2) is 4.37. The second-order valence-corrected chi connectivity index (χ2v) is 7.59. The highest BCUT2D eigenvalue weighted by Gasteiger charge is 2.34. The highest BCUT2D eigenvalue weighted by molar-refractivity contribution is 7.72. The van der Waals surface area contributed by atoms with Gasteiger partial charge in [-0.3, -0.25) is 0 Å². The molecule has 0 unspecified atom stereocenters. The van der Waals surface area contributed by atoms with Crippen LogP contribution in [-0.4, -0.2) is 23.5 Å². The van der Waals surface area contributed by atoms with Gasteiger partial charge in [0.1, 0.15) is 7.14 Å². The third-order valence-electron chi connectivity index (χ3n) is 2.89. The minimum atomic E-state index is -2.51. The van der Waals surface area contributed by atoms with Gasteiger partial charge in [0.2, 0.25) is 0 Å². The molecule has 0 saturated carbocycles. The lowest BCUT2D eigenvalue weighted by Crippen LogP contribution is -2.26. The Morgan fingerprint density at radius 3 is 2.56 bits per heavy atom. The van der Waals surface area contributed by atoms with Crippen LogP contribution in [0.15, 0.2) is 40.9 Å². The molecule has 1 N–H and O–H groups in total. The average Bonchev–Trinajstić information content (AvgIpc) is 2.27. The SMILES string of the molecule is CC1=C(Cl)[C@H](O)C[P@](=O)(c2ccccc2)C1. The highest BCUT2D eigenvalue weighted by Crippen LogP contribution is 2.51. The molecule has 1 aromatic carbocycles. The first kappa shape index (κ1) is 11.9. The molecular weight excluding hydrogens is 243 g/mol. The zero-order chi connectivity index (χ0) is 11.8. The minimum Gasteiger partial charge on any atom is -0.387 e. The first-order valence-electron chi connectivity index (χ1n) is 5.20. The molecular formula is C12H14ClO2P. The summed E-state index contributed by atoms with van der Waals surface area (Å²) in [4.78, 5) is 0. The van der Waals surface area contributed by atoms with E-state index in [1.807, 2.05) is 37.3 Å². The molecule has 16 heavy (non-hydrogen) atoms. The van der Waals surface area contributed by atoms with E-state index in [1.54, 1.807) is 0 Å². The van der Waals surface area contributed by atoms with Crippen LogP contribution in [0.2, 0.25) is 0 Å². The van der Waals surface area contributed by atoms with E-state index in [2.05, 4.69) is 0 Å². The van der Waals surface area contributed by atoms with E-state index >= 15 is 0 Å². The van der Waals surface area contributed by atoms with Crippen molar-refractivity contribution in [1.29, 1.82) is 0 Å². The summed E-state index contributed by atoms with van der Waals surface area (Å²) in [6.45, 7) is 1.83. The number of hydrogen-bond donors (Lipinski definition) is 1. The molecule has 0 fully saturated rings. The van der Waals surface area contributed by atoms with Gasteiger partial charge in [0.15, 0.2) is 0 Å². The van der Waals surface area contributed by atoms with Gasteiger partial charge in [-0.1, -0.05) is 41.9 Å². The normalized spacial score (nSPS) is 30.6. The van der Waals surface area contributed by atoms with Crippen LogP contribution >= 0.6 is 18.7 Å². The predicted octanol–water partition coefficient (Wildman–Crippen LogP) is 2.56. The first-order chi connectivity index (χ1) is 7.53. The predicted molar refractivity (Wildman–Crippen MR) is 68.0 cm³/mol. The van der Waals surface area contributed by atoms with Crippen molar-refractivity contribution in [1.82, 2.24) is 0 Å². The fourth-order valence-electron chi connectivity index (χ4n) is 2.06. The molecule has 0 spiro atoms. The van der Waals surface area contributed by atoms with E-state index in [1.165, 1.54) is 0 Å². The Bertz CT molecular complexity index is 467. The molecule has 86 valence electrons. The molecule has 1 heterocycles. The van der Waals surface area contributed by atoms with Crippen LogP contribution in [0, 0.1) is 0 Å². The van der Waals surface area contributed by atoms with Crippen LogP contribution in [-0.2, 0) is 4.57 Å². The van der Waals surface area contributed by atoms with Gasteiger partial charge >= 0.3 is 0 Å². The van der Waals surface area contributed by atoms with Crippen molar-refractivity contribution in [3.8, 4) is 0 Å². The van der Waals surface area contributed by atoms with Gasteiger partial charge in [-0.25, -0.2) is 0 Å². The highest BCUT2D eigenvalue weighted by atomic mass is 35.5. The topological polar surface area (TPSA) is 37.3 Å². The van der Waals surface area contributed by atoms with E-state index in [0.717, 1.165) is 10.9 Å². The van der Waals surface area contributed by atoms with Crippen molar-refractivity contribution in [2.45, 2.75) is 13.0 Å². The maximum atomic E-state index is 12.7. The summed E-state index contributed by atoms with van der Waals surface area (Å²) < 4.78 is 12.7. The Hall–Kier alpha value is -0.560. The molecule has 4 heteroatoms. The Labute approximate surface area is 100 Å². The number of benzene rings is 1. The summed E-state index contributed by atoms with van der Waals surface area (Å²) in [5.74, 6) is 0. The number of hydrogen-bond acceptors (Lipinski definition) is 2. The van der Waals surface area contributed by atoms with Gasteiger partial charge in [-0.05, 0) is 12.5 Å². The third kappa shape index (κ3) is 2.10. The number of rotatable bonds is 1. The minimum absolute atomic E-state index is 0.257. The van der Waals surface area contributed by atoms with Crippen molar-refractivity contribution in [2.75, 3.05) is 12.3 Å². The molecule has 0 aromatic heterocycles. The van der Waals surface area contributed by atoms with E-state index in [9.17, 15) is 9.67 Å². The van der Waals surface area contributed by atoms with E-state index in [0.29, 0.717) is 11.2 Å². The van der Waals surface area contributed by atoms with Gasteiger partial charge in [0.05, 0.1) is 6.10 Å². The number of allylic oxidation sites excluding steroid dienone is 1. The maximum absolute atomic E-state index is 12.7. The van der Waals surface area contributed by atoms with Gasteiger partial charge < -0.3 is 9.67 Å². The maximum Gasteiger partial charge on any atom is 0.122 e. The van der Waals surface area contributed by atoms with Crippen molar-refractivity contribution < 1.29 is 9.67 Å². The lowest BCUT2D eigenvalue weighted by Gasteiger charge is -2.28. The first-order valence-corrected chi connectivity index (χ1v) is 7.65. The molecule has 0 amide bonds. The van der Waals surface area contributed by atoms with Crippen LogP contribution in [0.3, 0.4) is 0 Å². The van der Waals surface area contributed by atoms with E-state index in [-0.39, 0.29) is 6.16 Å². The van der Waals surface area contributed by atoms with Crippen molar-refractivity contribution in [3.05, 3.63) is 40.9 Å². The van der Waals surface area contributed by atoms with Crippen LogP contribution < -0.4 is 5.30 Å². The van der Waals surface area contributed by atoms with Crippen molar-refractivity contribution in [3.63, 3.8) is 0 Å². The molecule has 0 bridgehead atoms. The summed E-state index contributed by atoms with van der Waals surface area (Å²) in [7, 11) is -2.51. The summed E-state index contributed by atoms with van der Waals surface area (Å²) in [5.41, 5.74) is 0.840. The third-order valence-corrected chi connectivity index (χ3v) is 6.62. The number of aliphatic hydroxyl groups excluding tert-OH is 1.